The number of pyridine rings is 1. The molecular formula is C26H24ClN7O2. The van der Waals surface area contributed by atoms with Gasteiger partial charge in [0, 0.05) is 47.7 Å². The molecule has 0 bridgehead atoms. The van der Waals surface area contributed by atoms with Crippen LogP contribution in [-0.2, 0) is 11.3 Å². The molecule has 0 atom stereocenters. The van der Waals surface area contributed by atoms with Gasteiger partial charge >= 0.3 is 0 Å². The second-order valence-electron chi connectivity index (χ2n) is 8.82. The highest BCUT2D eigenvalue weighted by Gasteiger charge is 2.19. The zero-order chi connectivity index (χ0) is 24.6. The highest BCUT2D eigenvalue weighted by Crippen LogP contribution is 2.31. The van der Waals surface area contributed by atoms with Crippen molar-refractivity contribution in [2.75, 3.05) is 26.3 Å². The van der Waals surface area contributed by atoms with Crippen LogP contribution in [0.25, 0.3) is 39.0 Å². The Morgan fingerprint density at radius 1 is 1.00 bits per heavy atom. The van der Waals surface area contributed by atoms with Gasteiger partial charge in [-0.3, -0.25) is 19.8 Å². The van der Waals surface area contributed by atoms with Crippen molar-refractivity contribution in [1.82, 2.24) is 35.1 Å². The number of aromatic amines is 2. The zero-order valence-corrected chi connectivity index (χ0v) is 20.4. The molecule has 0 saturated carbocycles. The summed E-state index contributed by atoms with van der Waals surface area (Å²) in [6.07, 6.45) is 1.63. The van der Waals surface area contributed by atoms with E-state index >= 15 is 0 Å². The predicted octanol–water partition coefficient (Wildman–Crippen LogP) is 3.96. The number of halogens is 1. The van der Waals surface area contributed by atoms with Crippen LogP contribution < -0.4 is 5.56 Å². The third-order valence-electron chi connectivity index (χ3n) is 6.55. The standard InChI is InChI=1S/C26H24ClN7O2/c1-16-23(25-21(14-28-16)26(35)34(31-25)20-8-6-19(27)7-9-20)17-2-4-18(5-3-17)24-22(29-32-30-24)15-33-10-12-36-13-11-33/h2-9,14,31H,10-13,15H2,1H3,(H,29,30,32). The van der Waals surface area contributed by atoms with Crippen LogP contribution in [0.15, 0.2) is 59.5 Å². The minimum atomic E-state index is -0.159. The lowest BCUT2D eigenvalue weighted by Gasteiger charge is -2.25. The maximum Gasteiger partial charge on any atom is 0.280 e. The number of nitrogens with one attached hydrogen (secondary N) is 2. The fourth-order valence-electron chi connectivity index (χ4n) is 4.65. The summed E-state index contributed by atoms with van der Waals surface area (Å²) in [5, 5.41) is 16.0. The van der Waals surface area contributed by atoms with Gasteiger partial charge in [0.25, 0.3) is 5.56 Å². The summed E-state index contributed by atoms with van der Waals surface area (Å²) in [4.78, 5) is 20.0. The topological polar surface area (TPSA) is 105 Å². The molecule has 0 aliphatic carbocycles. The van der Waals surface area contributed by atoms with Crippen LogP contribution in [0.5, 0.6) is 0 Å². The fraction of sp³-hybridized carbons (Fsp3) is 0.231. The molecule has 0 radical (unpaired) electrons. The van der Waals surface area contributed by atoms with E-state index in [9.17, 15) is 4.79 Å². The summed E-state index contributed by atoms with van der Waals surface area (Å²) in [7, 11) is 0. The molecule has 10 heteroatoms. The van der Waals surface area contributed by atoms with Crippen molar-refractivity contribution in [3.63, 3.8) is 0 Å². The Balaban J connectivity index is 1.36. The Morgan fingerprint density at radius 3 is 2.47 bits per heavy atom. The fourth-order valence-corrected chi connectivity index (χ4v) is 4.78. The van der Waals surface area contributed by atoms with Crippen molar-refractivity contribution in [1.29, 1.82) is 0 Å². The first-order chi connectivity index (χ1) is 17.6. The molecule has 1 aliphatic rings. The van der Waals surface area contributed by atoms with Crippen molar-refractivity contribution in [2.45, 2.75) is 13.5 Å². The molecule has 1 saturated heterocycles. The molecule has 1 fully saturated rings. The number of H-pyrrole nitrogens is 2. The Hall–Kier alpha value is -3.79. The van der Waals surface area contributed by atoms with E-state index in [2.05, 4.69) is 30.4 Å². The van der Waals surface area contributed by atoms with Crippen molar-refractivity contribution in [3.8, 4) is 28.1 Å². The van der Waals surface area contributed by atoms with Gasteiger partial charge in [-0.15, -0.1) is 0 Å². The number of hydrogen-bond acceptors (Lipinski definition) is 6. The van der Waals surface area contributed by atoms with Gasteiger partial charge in [0.05, 0.1) is 29.8 Å². The highest BCUT2D eigenvalue weighted by atomic mass is 35.5. The average Bonchev–Trinajstić information content (AvgIpc) is 3.49. The molecule has 6 rings (SSSR count). The second kappa shape index (κ2) is 9.34. The van der Waals surface area contributed by atoms with Gasteiger partial charge in [0.2, 0.25) is 0 Å². The smallest absolute Gasteiger partial charge is 0.280 e. The lowest BCUT2D eigenvalue weighted by atomic mass is 9.99. The number of benzene rings is 2. The predicted molar refractivity (Wildman–Crippen MR) is 138 cm³/mol. The van der Waals surface area contributed by atoms with E-state index in [-0.39, 0.29) is 5.56 Å². The van der Waals surface area contributed by atoms with E-state index in [4.69, 9.17) is 16.3 Å². The Bertz CT molecular complexity index is 1580. The number of hydrogen-bond donors (Lipinski definition) is 2. The molecular weight excluding hydrogens is 478 g/mol. The monoisotopic (exact) mass is 501 g/mol. The molecule has 0 spiro atoms. The average molecular weight is 502 g/mol. The van der Waals surface area contributed by atoms with Gasteiger partial charge in [0.1, 0.15) is 11.4 Å². The molecule has 36 heavy (non-hydrogen) atoms. The summed E-state index contributed by atoms with van der Waals surface area (Å²) >= 11 is 6.03. The van der Waals surface area contributed by atoms with E-state index in [1.165, 1.54) is 4.68 Å². The summed E-state index contributed by atoms with van der Waals surface area (Å²) in [6, 6.07) is 15.3. The number of aromatic nitrogens is 6. The van der Waals surface area contributed by atoms with Crippen LogP contribution in [-0.4, -0.2) is 61.4 Å². The maximum atomic E-state index is 13.1. The molecule has 5 aromatic rings. The SMILES string of the molecule is Cc1ncc2c(=O)n(-c3ccc(Cl)cc3)[nH]c2c1-c1ccc(-c2n[nH]nc2CN2CCOCC2)cc1. The molecule has 182 valence electrons. The number of aryl methyl sites for hydroxylation is 1. The molecule has 2 N–H and O–H groups in total. The van der Waals surface area contributed by atoms with E-state index < -0.39 is 0 Å². The molecule has 9 nitrogen and oxygen atoms in total. The van der Waals surface area contributed by atoms with Crippen LogP contribution in [0.4, 0.5) is 0 Å². The van der Waals surface area contributed by atoms with Gasteiger partial charge in [0.15, 0.2) is 0 Å². The number of fused-ring (bicyclic) bond motifs is 1. The lowest BCUT2D eigenvalue weighted by Crippen LogP contribution is -2.35. The summed E-state index contributed by atoms with van der Waals surface area (Å²) in [6.45, 7) is 5.91. The molecule has 3 aromatic heterocycles. The molecule has 1 aliphatic heterocycles. The Labute approximate surface area is 211 Å². The number of rotatable bonds is 5. The normalized spacial score (nSPS) is 14.5. The quantitative estimate of drug-likeness (QED) is 0.378. The third-order valence-corrected chi connectivity index (χ3v) is 6.81. The summed E-state index contributed by atoms with van der Waals surface area (Å²) < 4.78 is 6.97. The first-order valence-corrected chi connectivity index (χ1v) is 12.1. The number of nitrogens with zero attached hydrogens (tertiary/aromatic N) is 5. The number of morpholine rings is 1. The Morgan fingerprint density at radius 2 is 1.72 bits per heavy atom. The van der Waals surface area contributed by atoms with E-state index in [1.807, 2.05) is 31.2 Å². The molecule has 0 unspecified atom stereocenters. The van der Waals surface area contributed by atoms with Crippen LogP contribution >= 0.6 is 11.6 Å². The van der Waals surface area contributed by atoms with Crippen molar-refractivity contribution < 1.29 is 4.74 Å². The zero-order valence-electron chi connectivity index (χ0n) is 19.7. The molecule has 2 aromatic carbocycles. The van der Waals surface area contributed by atoms with Gasteiger partial charge in [-0.05, 0) is 36.8 Å². The highest BCUT2D eigenvalue weighted by molar-refractivity contribution is 6.30. The van der Waals surface area contributed by atoms with Crippen LogP contribution in [0.1, 0.15) is 11.4 Å². The summed E-state index contributed by atoms with van der Waals surface area (Å²) in [5.74, 6) is 0. The van der Waals surface area contributed by atoms with E-state index in [0.717, 1.165) is 72.1 Å². The third kappa shape index (κ3) is 4.11. The minimum absolute atomic E-state index is 0.159. The van der Waals surface area contributed by atoms with Gasteiger partial charge < -0.3 is 4.74 Å². The lowest BCUT2D eigenvalue weighted by molar-refractivity contribution is 0.0337. The van der Waals surface area contributed by atoms with Gasteiger partial charge in [-0.25, -0.2) is 4.68 Å². The van der Waals surface area contributed by atoms with Crippen molar-refractivity contribution >= 4 is 22.5 Å². The van der Waals surface area contributed by atoms with E-state index in [0.29, 0.717) is 16.1 Å². The number of ether oxygens (including phenoxy) is 1. The first kappa shape index (κ1) is 22.7. The summed E-state index contributed by atoms with van der Waals surface area (Å²) in [5.41, 5.74) is 6.68. The van der Waals surface area contributed by atoms with Crippen LogP contribution in [0.3, 0.4) is 0 Å². The second-order valence-corrected chi connectivity index (χ2v) is 9.26. The van der Waals surface area contributed by atoms with Crippen LogP contribution in [0, 0.1) is 6.92 Å². The first-order valence-electron chi connectivity index (χ1n) is 11.8. The molecule has 0 amide bonds. The van der Waals surface area contributed by atoms with E-state index in [1.54, 1.807) is 30.5 Å². The van der Waals surface area contributed by atoms with Crippen molar-refractivity contribution in [3.05, 3.63) is 81.5 Å². The minimum Gasteiger partial charge on any atom is -0.379 e. The van der Waals surface area contributed by atoms with Gasteiger partial charge in [-0.2, -0.15) is 15.4 Å². The van der Waals surface area contributed by atoms with Crippen LogP contribution in [0.2, 0.25) is 5.02 Å². The maximum absolute atomic E-state index is 13.1. The molecule has 4 heterocycles. The van der Waals surface area contributed by atoms with Crippen molar-refractivity contribution in [2.24, 2.45) is 0 Å². The van der Waals surface area contributed by atoms with Gasteiger partial charge in [-0.1, -0.05) is 35.9 Å². The Kier molecular flexibility index (Phi) is 5.88. The largest absolute Gasteiger partial charge is 0.379 e.